The SMILES string of the molecule is O=C(NCc1ccc(Cn2ccnc2)cc1)c1cc(-c2cccs2)nc2ccccc12. The lowest BCUT2D eigenvalue weighted by Crippen LogP contribution is -2.23. The maximum Gasteiger partial charge on any atom is 0.252 e. The summed E-state index contributed by atoms with van der Waals surface area (Å²) in [5.74, 6) is -0.0982. The lowest BCUT2D eigenvalue weighted by molar-refractivity contribution is 0.0952. The van der Waals surface area contributed by atoms with Crippen molar-refractivity contribution in [2.45, 2.75) is 13.1 Å². The molecule has 0 aliphatic rings. The Morgan fingerprint density at radius 1 is 1.00 bits per heavy atom. The number of thiophene rings is 1. The first-order chi connectivity index (χ1) is 15.3. The van der Waals surface area contributed by atoms with Crippen molar-refractivity contribution >= 4 is 28.1 Å². The highest BCUT2D eigenvalue weighted by Crippen LogP contribution is 2.27. The number of hydrogen-bond donors (Lipinski definition) is 1. The number of rotatable bonds is 6. The monoisotopic (exact) mass is 424 g/mol. The molecule has 0 bridgehead atoms. The second-order valence-corrected chi connectivity index (χ2v) is 8.23. The van der Waals surface area contributed by atoms with Crippen molar-refractivity contribution < 1.29 is 4.79 Å². The second-order valence-electron chi connectivity index (χ2n) is 7.28. The van der Waals surface area contributed by atoms with Crippen LogP contribution in [0.3, 0.4) is 0 Å². The zero-order chi connectivity index (χ0) is 21.0. The van der Waals surface area contributed by atoms with E-state index in [1.54, 1.807) is 23.9 Å². The van der Waals surface area contributed by atoms with Crippen molar-refractivity contribution in [2.75, 3.05) is 0 Å². The van der Waals surface area contributed by atoms with Crippen LogP contribution < -0.4 is 5.32 Å². The number of benzene rings is 2. The van der Waals surface area contributed by atoms with Crippen LogP contribution in [0.2, 0.25) is 0 Å². The van der Waals surface area contributed by atoms with E-state index in [4.69, 9.17) is 4.98 Å². The Labute approximate surface area is 184 Å². The van der Waals surface area contributed by atoms with E-state index in [1.165, 1.54) is 5.56 Å². The number of pyridine rings is 1. The average molecular weight is 425 g/mol. The van der Waals surface area contributed by atoms with E-state index >= 15 is 0 Å². The molecule has 0 saturated carbocycles. The Bertz CT molecular complexity index is 1310. The molecule has 0 radical (unpaired) electrons. The van der Waals surface area contributed by atoms with Crippen molar-refractivity contribution in [2.24, 2.45) is 0 Å². The molecule has 152 valence electrons. The Hall–Kier alpha value is -3.77. The fourth-order valence-corrected chi connectivity index (χ4v) is 4.23. The number of hydrogen-bond acceptors (Lipinski definition) is 4. The normalized spacial score (nSPS) is 11.0. The number of para-hydroxylation sites is 1. The molecule has 0 unspecified atom stereocenters. The number of aromatic nitrogens is 3. The molecule has 5 rings (SSSR count). The fraction of sp³-hybridized carbons (Fsp3) is 0.0800. The molecule has 31 heavy (non-hydrogen) atoms. The molecule has 6 heteroatoms. The fourth-order valence-electron chi connectivity index (χ4n) is 3.54. The summed E-state index contributed by atoms with van der Waals surface area (Å²) in [6, 6.07) is 21.9. The molecule has 3 heterocycles. The van der Waals surface area contributed by atoms with Gasteiger partial charge in [0.05, 0.1) is 28.0 Å². The standard InChI is InChI=1S/C25H20N4OS/c30-25(27-15-18-7-9-19(10-8-18)16-29-12-11-26-17-29)21-14-23(24-6-3-13-31-24)28-22-5-2-1-4-20(21)22/h1-14,17H,15-16H2,(H,27,30). The van der Waals surface area contributed by atoms with Gasteiger partial charge in [0.1, 0.15) is 0 Å². The third kappa shape index (κ3) is 4.25. The molecule has 1 amide bonds. The molecule has 5 aromatic rings. The van der Waals surface area contributed by atoms with Gasteiger partial charge in [-0.15, -0.1) is 11.3 Å². The highest BCUT2D eigenvalue weighted by atomic mass is 32.1. The molecule has 0 aliphatic heterocycles. The maximum absolute atomic E-state index is 13.1. The summed E-state index contributed by atoms with van der Waals surface area (Å²) >= 11 is 1.62. The largest absolute Gasteiger partial charge is 0.348 e. The summed E-state index contributed by atoms with van der Waals surface area (Å²) in [6.45, 7) is 1.25. The van der Waals surface area contributed by atoms with E-state index in [0.29, 0.717) is 12.1 Å². The Balaban J connectivity index is 1.34. The van der Waals surface area contributed by atoms with Crippen LogP contribution >= 0.6 is 11.3 Å². The molecule has 3 aromatic heterocycles. The van der Waals surface area contributed by atoms with Crippen molar-refractivity contribution in [3.8, 4) is 10.6 Å². The molecular weight excluding hydrogens is 404 g/mol. The maximum atomic E-state index is 13.1. The van der Waals surface area contributed by atoms with Crippen LogP contribution in [0.5, 0.6) is 0 Å². The van der Waals surface area contributed by atoms with E-state index in [2.05, 4.69) is 22.4 Å². The Morgan fingerprint density at radius 2 is 1.84 bits per heavy atom. The van der Waals surface area contributed by atoms with Gasteiger partial charge in [-0.1, -0.05) is 48.5 Å². The molecule has 1 N–H and O–H groups in total. The number of nitrogens with zero attached hydrogens (tertiary/aromatic N) is 3. The second kappa shape index (κ2) is 8.53. The Kier molecular flexibility index (Phi) is 5.29. The van der Waals surface area contributed by atoms with Crippen LogP contribution in [0.4, 0.5) is 0 Å². The first kappa shape index (κ1) is 19.2. The summed E-state index contributed by atoms with van der Waals surface area (Å²) in [5, 5.41) is 5.94. The van der Waals surface area contributed by atoms with Gasteiger partial charge in [-0.2, -0.15) is 0 Å². The van der Waals surface area contributed by atoms with E-state index in [9.17, 15) is 4.79 Å². The van der Waals surface area contributed by atoms with Crippen molar-refractivity contribution in [3.63, 3.8) is 0 Å². The molecule has 0 fully saturated rings. The third-order valence-electron chi connectivity index (χ3n) is 5.13. The molecule has 5 nitrogen and oxygen atoms in total. The topological polar surface area (TPSA) is 59.8 Å². The summed E-state index contributed by atoms with van der Waals surface area (Å²) in [4.78, 5) is 22.9. The van der Waals surface area contributed by atoms with Crippen LogP contribution in [0.1, 0.15) is 21.5 Å². The number of carbonyl (C=O) groups excluding carboxylic acids is 1. The highest BCUT2D eigenvalue weighted by molar-refractivity contribution is 7.13. The van der Waals surface area contributed by atoms with E-state index < -0.39 is 0 Å². The molecule has 0 spiro atoms. The predicted octanol–water partition coefficient (Wildman–Crippen LogP) is 5.14. The summed E-state index contributed by atoms with van der Waals surface area (Å²) in [5.41, 5.74) is 4.53. The van der Waals surface area contributed by atoms with Crippen LogP contribution in [-0.2, 0) is 13.1 Å². The minimum Gasteiger partial charge on any atom is -0.348 e. The number of carbonyl (C=O) groups is 1. The van der Waals surface area contributed by atoms with Gasteiger partial charge in [0, 0.05) is 30.9 Å². The van der Waals surface area contributed by atoms with E-state index in [0.717, 1.165) is 33.6 Å². The third-order valence-corrected chi connectivity index (χ3v) is 6.03. The first-order valence-electron chi connectivity index (χ1n) is 10.0. The predicted molar refractivity (Wildman–Crippen MR) is 124 cm³/mol. The Morgan fingerprint density at radius 3 is 2.61 bits per heavy atom. The van der Waals surface area contributed by atoms with Gasteiger partial charge in [0.25, 0.3) is 5.91 Å². The van der Waals surface area contributed by atoms with Crippen LogP contribution in [0, 0.1) is 0 Å². The van der Waals surface area contributed by atoms with Crippen LogP contribution in [0.25, 0.3) is 21.5 Å². The number of fused-ring (bicyclic) bond motifs is 1. The van der Waals surface area contributed by atoms with Crippen LogP contribution in [-0.4, -0.2) is 20.4 Å². The molecular formula is C25H20N4OS. The average Bonchev–Trinajstić information content (AvgIpc) is 3.52. The lowest BCUT2D eigenvalue weighted by Gasteiger charge is -2.10. The zero-order valence-corrected chi connectivity index (χ0v) is 17.5. The van der Waals surface area contributed by atoms with Gasteiger partial charge in [-0.25, -0.2) is 9.97 Å². The zero-order valence-electron chi connectivity index (χ0n) is 16.7. The molecule has 0 aliphatic carbocycles. The summed E-state index contributed by atoms with van der Waals surface area (Å²) in [6.07, 6.45) is 5.52. The van der Waals surface area contributed by atoms with Gasteiger partial charge in [0.2, 0.25) is 0 Å². The van der Waals surface area contributed by atoms with Crippen LogP contribution in [0.15, 0.2) is 90.8 Å². The molecule has 0 saturated heterocycles. The van der Waals surface area contributed by atoms with Crippen molar-refractivity contribution in [1.82, 2.24) is 19.9 Å². The highest BCUT2D eigenvalue weighted by Gasteiger charge is 2.14. The van der Waals surface area contributed by atoms with E-state index in [1.807, 2.05) is 70.7 Å². The molecule has 0 atom stereocenters. The van der Waals surface area contributed by atoms with Gasteiger partial charge in [-0.3, -0.25) is 4.79 Å². The number of nitrogens with one attached hydrogen (secondary N) is 1. The smallest absolute Gasteiger partial charge is 0.252 e. The number of imidazole rings is 1. The summed E-state index contributed by atoms with van der Waals surface area (Å²) in [7, 11) is 0. The van der Waals surface area contributed by atoms with Gasteiger partial charge in [-0.05, 0) is 34.7 Å². The molecule has 2 aromatic carbocycles. The van der Waals surface area contributed by atoms with Crippen molar-refractivity contribution in [3.05, 3.63) is 108 Å². The van der Waals surface area contributed by atoms with Gasteiger partial charge in [0.15, 0.2) is 0 Å². The first-order valence-corrected chi connectivity index (χ1v) is 10.9. The minimum absolute atomic E-state index is 0.0982. The van der Waals surface area contributed by atoms with Crippen molar-refractivity contribution in [1.29, 1.82) is 0 Å². The number of amides is 1. The van der Waals surface area contributed by atoms with E-state index in [-0.39, 0.29) is 5.91 Å². The lowest BCUT2D eigenvalue weighted by atomic mass is 10.1. The summed E-state index contributed by atoms with van der Waals surface area (Å²) < 4.78 is 2.02. The van der Waals surface area contributed by atoms with Gasteiger partial charge < -0.3 is 9.88 Å². The minimum atomic E-state index is -0.0982. The quantitative estimate of drug-likeness (QED) is 0.411. The van der Waals surface area contributed by atoms with Gasteiger partial charge >= 0.3 is 0 Å².